The van der Waals surface area contributed by atoms with E-state index in [2.05, 4.69) is 5.32 Å². The van der Waals surface area contributed by atoms with Crippen LogP contribution in [0.5, 0.6) is 0 Å². The maximum Gasteiger partial charge on any atom is 0.324 e. The van der Waals surface area contributed by atoms with Gasteiger partial charge in [-0.2, -0.15) is 0 Å². The summed E-state index contributed by atoms with van der Waals surface area (Å²) in [6.07, 6.45) is 0.350. The van der Waals surface area contributed by atoms with Crippen LogP contribution in [-0.2, 0) is 4.79 Å². The monoisotopic (exact) mass is 210 g/mol. The number of thiophene rings is 1. The molecule has 2 heterocycles. The quantitative estimate of drug-likeness (QED) is 0.760. The number of urea groups is 1. The summed E-state index contributed by atoms with van der Waals surface area (Å²) in [5, 5.41) is 4.71. The van der Waals surface area contributed by atoms with Gasteiger partial charge in [-0.3, -0.25) is 9.69 Å². The molecule has 1 fully saturated rings. The minimum absolute atomic E-state index is 0.132. The van der Waals surface area contributed by atoms with Gasteiger partial charge in [-0.05, 0) is 11.4 Å². The van der Waals surface area contributed by atoms with Crippen molar-refractivity contribution >= 4 is 23.3 Å². The summed E-state index contributed by atoms with van der Waals surface area (Å²) >= 11 is 1.55. The molecule has 0 saturated carbocycles. The summed E-state index contributed by atoms with van der Waals surface area (Å²) < 4.78 is 0. The molecule has 1 aromatic heterocycles. The molecule has 1 unspecified atom stereocenters. The Hall–Kier alpha value is -1.36. The van der Waals surface area contributed by atoms with Crippen LogP contribution in [0.2, 0.25) is 0 Å². The summed E-state index contributed by atoms with van der Waals surface area (Å²) in [6, 6.07) is 3.37. The summed E-state index contributed by atoms with van der Waals surface area (Å²) in [4.78, 5) is 24.8. The van der Waals surface area contributed by atoms with Crippen LogP contribution in [-0.4, -0.2) is 23.9 Å². The molecule has 1 N–H and O–H groups in total. The van der Waals surface area contributed by atoms with E-state index in [1.165, 1.54) is 7.05 Å². The van der Waals surface area contributed by atoms with E-state index in [4.69, 9.17) is 0 Å². The van der Waals surface area contributed by atoms with Crippen molar-refractivity contribution in [1.29, 1.82) is 0 Å². The molecule has 5 heteroatoms. The Balaban J connectivity index is 2.18. The number of hydrogen-bond donors (Lipinski definition) is 1. The SMILES string of the molecule is CN1C(=O)CC(c2cccs2)NC1=O. The zero-order chi connectivity index (χ0) is 10.1. The van der Waals surface area contributed by atoms with E-state index in [9.17, 15) is 9.59 Å². The Morgan fingerprint density at radius 1 is 1.57 bits per heavy atom. The highest BCUT2D eigenvalue weighted by Crippen LogP contribution is 2.25. The zero-order valence-electron chi connectivity index (χ0n) is 7.69. The predicted octanol–water partition coefficient (Wildman–Crippen LogP) is 1.36. The largest absolute Gasteiger partial charge is 0.329 e. The van der Waals surface area contributed by atoms with Crippen LogP contribution in [0.4, 0.5) is 4.79 Å². The van der Waals surface area contributed by atoms with E-state index in [1.807, 2.05) is 17.5 Å². The third kappa shape index (κ3) is 1.50. The van der Waals surface area contributed by atoms with Gasteiger partial charge in [0.25, 0.3) is 0 Å². The Morgan fingerprint density at radius 3 is 2.93 bits per heavy atom. The second-order valence-corrected chi connectivity index (χ2v) is 4.15. The highest BCUT2D eigenvalue weighted by Gasteiger charge is 2.30. The van der Waals surface area contributed by atoms with Crippen molar-refractivity contribution in [3.63, 3.8) is 0 Å². The van der Waals surface area contributed by atoms with Gasteiger partial charge >= 0.3 is 6.03 Å². The minimum atomic E-state index is -0.320. The lowest BCUT2D eigenvalue weighted by atomic mass is 10.1. The molecule has 1 aliphatic heterocycles. The van der Waals surface area contributed by atoms with Crippen molar-refractivity contribution in [1.82, 2.24) is 10.2 Å². The second kappa shape index (κ2) is 3.42. The van der Waals surface area contributed by atoms with Gasteiger partial charge in [-0.25, -0.2) is 4.79 Å². The number of amides is 3. The third-order valence-corrected chi connectivity index (χ3v) is 3.23. The molecule has 4 nitrogen and oxygen atoms in total. The van der Waals surface area contributed by atoms with Gasteiger partial charge < -0.3 is 5.32 Å². The lowest BCUT2D eigenvalue weighted by Gasteiger charge is -2.27. The van der Waals surface area contributed by atoms with Gasteiger partial charge in [0.05, 0.1) is 12.5 Å². The van der Waals surface area contributed by atoms with Crippen LogP contribution >= 0.6 is 11.3 Å². The molecule has 1 saturated heterocycles. The van der Waals surface area contributed by atoms with E-state index in [-0.39, 0.29) is 18.0 Å². The minimum Gasteiger partial charge on any atom is -0.329 e. The molecule has 14 heavy (non-hydrogen) atoms. The number of hydrogen-bond acceptors (Lipinski definition) is 3. The molecule has 0 radical (unpaired) electrons. The predicted molar refractivity (Wildman–Crippen MR) is 53.0 cm³/mol. The smallest absolute Gasteiger partial charge is 0.324 e. The normalized spacial score (nSPS) is 22.4. The van der Waals surface area contributed by atoms with Crippen LogP contribution in [0.25, 0.3) is 0 Å². The van der Waals surface area contributed by atoms with Crippen molar-refractivity contribution in [3.05, 3.63) is 22.4 Å². The first-order valence-corrected chi connectivity index (χ1v) is 5.17. The zero-order valence-corrected chi connectivity index (χ0v) is 8.50. The van der Waals surface area contributed by atoms with Crippen LogP contribution < -0.4 is 5.32 Å². The average molecular weight is 210 g/mol. The van der Waals surface area contributed by atoms with Gasteiger partial charge in [0.15, 0.2) is 0 Å². The van der Waals surface area contributed by atoms with E-state index in [0.29, 0.717) is 6.42 Å². The molecule has 0 aromatic carbocycles. The lowest BCUT2D eigenvalue weighted by molar-refractivity contribution is -0.129. The second-order valence-electron chi connectivity index (χ2n) is 3.17. The summed E-state index contributed by atoms with van der Waals surface area (Å²) in [6.45, 7) is 0. The molecule has 2 rings (SSSR count). The summed E-state index contributed by atoms with van der Waals surface area (Å²) in [7, 11) is 1.49. The number of imide groups is 1. The molecule has 3 amide bonds. The molecule has 0 bridgehead atoms. The number of carbonyl (C=O) groups excluding carboxylic acids is 2. The van der Waals surface area contributed by atoms with Crippen molar-refractivity contribution < 1.29 is 9.59 Å². The van der Waals surface area contributed by atoms with Gasteiger partial charge in [0.2, 0.25) is 5.91 Å². The first-order chi connectivity index (χ1) is 6.68. The Morgan fingerprint density at radius 2 is 2.36 bits per heavy atom. The average Bonchev–Trinajstić information content (AvgIpc) is 2.66. The highest BCUT2D eigenvalue weighted by atomic mass is 32.1. The van der Waals surface area contributed by atoms with E-state index < -0.39 is 0 Å². The molecule has 1 atom stereocenters. The summed E-state index contributed by atoms with van der Waals surface area (Å²) in [5.74, 6) is -0.132. The van der Waals surface area contributed by atoms with Crippen molar-refractivity contribution in [2.45, 2.75) is 12.5 Å². The standard InChI is InChI=1S/C9H10N2O2S/c1-11-8(12)5-6(10-9(11)13)7-3-2-4-14-7/h2-4,6H,5H2,1H3,(H,10,13). The van der Waals surface area contributed by atoms with E-state index in [0.717, 1.165) is 9.78 Å². The Bertz CT molecular complexity index is 343. The molecule has 74 valence electrons. The highest BCUT2D eigenvalue weighted by molar-refractivity contribution is 7.10. The maximum absolute atomic E-state index is 11.4. The van der Waals surface area contributed by atoms with Crippen LogP contribution in [0.15, 0.2) is 17.5 Å². The number of nitrogens with zero attached hydrogens (tertiary/aromatic N) is 1. The van der Waals surface area contributed by atoms with Gasteiger partial charge in [0.1, 0.15) is 0 Å². The topological polar surface area (TPSA) is 49.4 Å². The molecule has 0 aliphatic carbocycles. The van der Waals surface area contributed by atoms with Crippen LogP contribution in [0.1, 0.15) is 17.3 Å². The Kier molecular flexibility index (Phi) is 2.25. The molecule has 1 aliphatic rings. The van der Waals surface area contributed by atoms with Crippen molar-refractivity contribution in [3.8, 4) is 0 Å². The van der Waals surface area contributed by atoms with Crippen LogP contribution in [0, 0.1) is 0 Å². The lowest BCUT2D eigenvalue weighted by Crippen LogP contribution is -2.48. The van der Waals surface area contributed by atoms with Gasteiger partial charge in [-0.15, -0.1) is 11.3 Å². The number of rotatable bonds is 1. The summed E-state index contributed by atoms with van der Waals surface area (Å²) in [5.41, 5.74) is 0. The van der Waals surface area contributed by atoms with Crippen molar-refractivity contribution in [2.75, 3.05) is 7.05 Å². The number of nitrogens with one attached hydrogen (secondary N) is 1. The van der Waals surface area contributed by atoms with E-state index in [1.54, 1.807) is 11.3 Å². The molecule has 0 spiro atoms. The first-order valence-electron chi connectivity index (χ1n) is 4.29. The fourth-order valence-corrected chi connectivity index (χ4v) is 2.16. The maximum atomic E-state index is 11.4. The van der Waals surface area contributed by atoms with E-state index >= 15 is 0 Å². The Labute approximate surface area is 85.5 Å². The fraction of sp³-hybridized carbons (Fsp3) is 0.333. The van der Waals surface area contributed by atoms with Crippen molar-refractivity contribution in [2.24, 2.45) is 0 Å². The molecular weight excluding hydrogens is 200 g/mol. The molecule has 1 aromatic rings. The fourth-order valence-electron chi connectivity index (χ4n) is 1.38. The molecular formula is C9H10N2O2S. The first kappa shape index (κ1) is 9.21. The van der Waals surface area contributed by atoms with Gasteiger partial charge in [-0.1, -0.05) is 6.07 Å². The van der Waals surface area contributed by atoms with Gasteiger partial charge in [0, 0.05) is 11.9 Å². The third-order valence-electron chi connectivity index (χ3n) is 2.24. The number of carbonyl (C=O) groups is 2. The van der Waals surface area contributed by atoms with Crippen LogP contribution in [0.3, 0.4) is 0 Å².